The Morgan fingerprint density at radius 1 is 1.67 bits per heavy atom. The van der Waals surface area contributed by atoms with E-state index in [-0.39, 0.29) is 0 Å². The third-order valence-corrected chi connectivity index (χ3v) is 2.14. The fourth-order valence-electron chi connectivity index (χ4n) is 0.884. The smallest absolute Gasteiger partial charge is 0.184 e. The van der Waals surface area contributed by atoms with Crippen LogP contribution < -0.4 is 0 Å². The van der Waals surface area contributed by atoms with E-state index in [2.05, 4.69) is 9.98 Å². The van der Waals surface area contributed by atoms with Gasteiger partial charge in [-0.3, -0.25) is 9.89 Å². The van der Waals surface area contributed by atoms with Gasteiger partial charge in [0.1, 0.15) is 11.0 Å². The molecule has 0 aliphatic carbocycles. The van der Waals surface area contributed by atoms with Crippen molar-refractivity contribution in [3.05, 3.63) is 29.0 Å². The highest BCUT2D eigenvalue weighted by molar-refractivity contribution is 6.29. The van der Waals surface area contributed by atoms with Crippen LogP contribution in [0.5, 0.6) is 0 Å². The molecule has 0 saturated heterocycles. The SMILES string of the molecule is C/C(=N\Cc1ccc(Cl)nc1)N(C)C#N. The Morgan fingerprint density at radius 3 is 2.93 bits per heavy atom. The van der Waals surface area contributed by atoms with Gasteiger partial charge in [0.25, 0.3) is 0 Å². The lowest BCUT2D eigenvalue weighted by molar-refractivity contribution is 0.697. The van der Waals surface area contributed by atoms with Gasteiger partial charge in [0.05, 0.1) is 6.54 Å². The zero-order chi connectivity index (χ0) is 11.3. The Hall–Kier alpha value is -1.60. The zero-order valence-corrected chi connectivity index (χ0v) is 9.36. The van der Waals surface area contributed by atoms with Crippen molar-refractivity contribution < 1.29 is 0 Å². The van der Waals surface area contributed by atoms with Gasteiger partial charge in [-0.1, -0.05) is 17.7 Å². The molecule has 0 saturated carbocycles. The van der Waals surface area contributed by atoms with Gasteiger partial charge in [0, 0.05) is 13.2 Å². The van der Waals surface area contributed by atoms with Crippen LogP contribution >= 0.6 is 11.6 Å². The van der Waals surface area contributed by atoms with Crippen LogP contribution in [0.2, 0.25) is 5.15 Å². The van der Waals surface area contributed by atoms with Crippen LogP contribution in [0.3, 0.4) is 0 Å². The fourth-order valence-corrected chi connectivity index (χ4v) is 0.996. The summed E-state index contributed by atoms with van der Waals surface area (Å²) in [5.41, 5.74) is 0.963. The van der Waals surface area contributed by atoms with Crippen LogP contribution in [0.4, 0.5) is 0 Å². The summed E-state index contributed by atoms with van der Waals surface area (Å²) in [7, 11) is 1.67. The summed E-state index contributed by atoms with van der Waals surface area (Å²) < 4.78 is 0. The monoisotopic (exact) mass is 222 g/mol. The van der Waals surface area contributed by atoms with Gasteiger partial charge >= 0.3 is 0 Å². The summed E-state index contributed by atoms with van der Waals surface area (Å²) in [6.07, 6.45) is 3.65. The number of hydrogen-bond acceptors (Lipinski definition) is 3. The molecule has 1 heterocycles. The molecule has 0 spiro atoms. The number of nitriles is 1. The maximum atomic E-state index is 8.60. The molecule has 0 unspecified atom stereocenters. The van der Waals surface area contributed by atoms with E-state index in [1.165, 1.54) is 4.90 Å². The van der Waals surface area contributed by atoms with Crippen molar-refractivity contribution in [2.45, 2.75) is 13.5 Å². The molecule has 0 aliphatic heterocycles. The van der Waals surface area contributed by atoms with Gasteiger partial charge in [0.15, 0.2) is 6.19 Å². The second-order valence-corrected chi connectivity index (χ2v) is 3.40. The fraction of sp³-hybridized carbons (Fsp3) is 0.300. The van der Waals surface area contributed by atoms with E-state index >= 15 is 0 Å². The van der Waals surface area contributed by atoms with Crippen molar-refractivity contribution in [1.82, 2.24) is 9.88 Å². The number of halogens is 1. The average Bonchev–Trinajstić information content (AvgIpc) is 2.26. The van der Waals surface area contributed by atoms with Crippen molar-refractivity contribution in [3.63, 3.8) is 0 Å². The highest BCUT2D eigenvalue weighted by Crippen LogP contribution is 2.06. The number of pyridine rings is 1. The molecule has 4 nitrogen and oxygen atoms in total. The van der Waals surface area contributed by atoms with Crippen molar-refractivity contribution in [1.29, 1.82) is 5.26 Å². The zero-order valence-electron chi connectivity index (χ0n) is 8.61. The Bertz CT molecular complexity index is 391. The summed E-state index contributed by atoms with van der Waals surface area (Å²) >= 11 is 5.65. The minimum Gasteiger partial charge on any atom is -0.270 e. The first kappa shape index (κ1) is 11.5. The van der Waals surface area contributed by atoms with E-state index in [4.69, 9.17) is 16.9 Å². The largest absolute Gasteiger partial charge is 0.270 e. The van der Waals surface area contributed by atoms with E-state index in [1.54, 1.807) is 26.2 Å². The molecule has 1 aromatic heterocycles. The molecule has 78 valence electrons. The Kier molecular flexibility index (Phi) is 4.07. The summed E-state index contributed by atoms with van der Waals surface area (Å²) in [6, 6.07) is 3.58. The molecule has 0 aliphatic rings. The van der Waals surface area contributed by atoms with Crippen LogP contribution in [-0.4, -0.2) is 22.8 Å². The molecule has 1 rings (SSSR count). The summed E-state index contributed by atoms with van der Waals surface area (Å²) in [5, 5.41) is 9.07. The molecule has 0 fully saturated rings. The highest BCUT2D eigenvalue weighted by Gasteiger charge is 1.98. The van der Waals surface area contributed by atoms with Crippen LogP contribution in [0, 0.1) is 11.5 Å². The van der Waals surface area contributed by atoms with E-state index in [0.717, 1.165) is 5.56 Å². The lowest BCUT2D eigenvalue weighted by atomic mass is 10.3. The maximum Gasteiger partial charge on any atom is 0.184 e. The first-order chi connectivity index (χ1) is 7.13. The van der Waals surface area contributed by atoms with Gasteiger partial charge in [-0.15, -0.1) is 0 Å². The number of aliphatic imine (C=N–C) groups is 1. The number of rotatable bonds is 2. The number of aromatic nitrogens is 1. The van der Waals surface area contributed by atoms with Gasteiger partial charge in [0.2, 0.25) is 0 Å². The van der Waals surface area contributed by atoms with Crippen LogP contribution in [-0.2, 0) is 6.54 Å². The summed E-state index contributed by atoms with van der Waals surface area (Å²) in [6.45, 7) is 2.29. The second-order valence-electron chi connectivity index (χ2n) is 3.01. The first-order valence-corrected chi connectivity index (χ1v) is 4.76. The molecule has 0 radical (unpaired) electrons. The quantitative estimate of drug-likeness (QED) is 0.253. The Morgan fingerprint density at radius 2 is 2.40 bits per heavy atom. The summed E-state index contributed by atoms with van der Waals surface area (Å²) in [4.78, 5) is 9.58. The van der Waals surface area contributed by atoms with Gasteiger partial charge in [-0.05, 0) is 18.6 Å². The third-order valence-electron chi connectivity index (χ3n) is 1.91. The van der Waals surface area contributed by atoms with E-state index in [9.17, 15) is 0 Å². The van der Waals surface area contributed by atoms with E-state index in [0.29, 0.717) is 17.5 Å². The Labute approximate surface area is 93.8 Å². The molecule has 0 amide bonds. The molecular weight excluding hydrogens is 212 g/mol. The Balaban J connectivity index is 2.64. The average molecular weight is 223 g/mol. The number of hydrogen-bond donors (Lipinski definition) is 0. The molecule has 15 heavy (non-hydrogen) atoms. The van der Waals surface area contributed by atoms with Gasteiger partial charge in [-0.25, -0.2) is 4.98 Å². The van der Waals surface area contributed by atoms with E-state index < -0.39 is 0 Å². The van der Waals surface area contributed by atoms with E-state index in [1.807, 2.05) is 12.3 Å². The first-order valence-electron chi connectivity index (χ1n) is 4.38. The number of nitrogens with zero attached hydrogens (tertiary/aromatic N) is 4. The van der Waals surface area contributed by atoms with Gasteiger partial charge < -0.3 is 0 Å². The normalized spacial score (nSPS) is 10.9. The van der Waals surface area contributed by atoms with Crippen molar-refractivity contribution in [2.75, 3.05) is 7.05 Å². The third kappa shape index (κ3) is 3.56. The lowest BCUT2D eigenvalue weighted by Crippen LogP contribution is -2.17. The minimum atomic E-state index is 0.466. The highest BCUT2D eigenvalue weighted by atomic mass is 35.5. The summed E-state index contributed by atoms with van der Waals surface area (Å²) in [5.74, 6) is 0.674. The topological polar surface area (TPSA) is 52.3 Å². The van der Waals surface area contributed by atoms with Crippen molar-refractivity contribution in [3.8, 4) is 6.19 Å². The van der Waals surface area contributed by atoms with Crippen molar-refractivity contribution in [2.24, 2.45) is 4.99 Å². The number of amidine groups is 1. The second kappa shape index (κ2) is 5.32. The van der Waals surface area contributed by atoms with Crippen LogP contribution in [0.15, 0.2) is 23.3 Å². The minimum absolute atomic E-state index is 0.466. The molecule has 0 aromatic carbocycles. The molecule has 5 heteroatoms. The van der Waals surface area contributed by atoms with Crippen LogP contribution in [0.1, 0.15) is 12.5 Å². The molecule has 0 atom stereocenters. The molecule has 0 N–H and O–H groups in total. The van der Waals surface area contributed by atoms with Crippen LogP contribution in [0.25, 0.3) is 0 Å². The standard InChI is InChI=1S/C10H11ClN4/c1-8(15(2)7-12)13-5-9-3-4-10(11)14-6-9/h3-4,6H,5H2,1-2H3/b13-8+. The lowest BCUT2D eigenvalue weighted by Gasteiger charge is -2.07. The van der Waals surface area contributed by atoms with Crippen molar-refractivity contribution >= 4 is 17.4 Å². The van der Waals surface area contributed by atoms with Gasteiger partial charge in [-0.2, -0.15) is 5.26 Å². The predicted molar refractivity (Wildman–Crippen MR) is 59.4 cm³/mol. The molecular formula is C10H11ClN4. The maximum absolute atomic E-state index is 8.60. The molecule has 0 bridgehead atoms. The molecule has 1 aromatic rings. The predicted octanol–water partition coefficient (Wildman–Crippen LogP) is 2.07.